The van der Waals surface area contributed by atoms with Gasteiger partial charge in [0.15, 0.2) is 0 Å². The average Bonchev–Trinajstić information content (AvgIpc) is 3.58. The predicted molar refractivity (Wildman–Crippen MR) is 146 cm³/mol. The second-order valence-corrected chi connectivity index (χ2v) is 12.4. The van der Waals surface area contributed by atoms with Crippen LogP contribution in [0.3, 0.4) is 0 Å². The molecule has 40 heavy (non-hydrogen) atoms. The van der Waals surface area contributed by atoms with Gasteiger partial charge in [-0.2, -0.15) is 9.40 Å². The van der Waals surface area contributed by atoms with Gasteiger partial charge in [-0.1, -0.05) is 6.07 Å². The van der Waals surface area contributed by atoms with E-state index in [-0.39, 0.29) is 43.4 Å². The number of carbonyl (C=O) groups is 1. The number of rotatable bonds is 6. The third-order valence-electron chi connectivity index (χ3n) is 8.07. The number of hydrogen-bond acceptors (Lipinski definition) is 6. The second kappa shape index (κ2) is 10.1. The van der Waals surface area contributed by atoms with Gasteiger partial charge in [0.25, 0.3) is 0 Å². The van der Waals surface area contributed by atoms with Crippen LogP contribution in [-0.2, 0) is 26.0 Å². The number of aromatic nitrogens is 2. The van der Waals surface area contributed by atoms with Gasteiger partial charge in [0.05, 0.1) is 29.1 Å². The summed E-state index contributed by atoms with van der Waals surface area (Å²) in [6.07, 6.45) is 3.61. The molecule has 11 heteroatoms. The summed E-state index contributed by atoms with van der Waals surface area (Å²) < 4.78 is 63.7. The molecule has 2 aliphatic heterocycles. The van der Waals surface area contributed by atoms with Gasteiger partial charge in [0.2, 0.25) is 10.0 Å². The molecule has 3 aromatic rings. The summed E-state index contributed by atoms with van der Waals surface area (Å²) in [5, 5.41) is 4.49. The molecular weight excluding hydrogens is 538 g/mol. The van der Waals surface area contributed by atoms with E-state index in [1.54, 1.807) is 48.1 Å². The van der Waals surface area contributed by atoms with Gasteiger partial charge < -0.3 is 9.64 Å². The van der Waals surface area contributed by atoms with Crippen molar-refractivity contribution in [2.45, 2.75) is 37.3 Å². The van der Waals surface area contributed by atoms with E-state index in [1.165, 1.54) is 22.5 Å². The number of fused-ring (bicyclic) bond motifs is 2. The number of alkyl halides is 1. The van der Waals surface area contributed by atoms with Crippen molar-refractivity contribution in [2.24, 2.45) is 5.41 Å². The molecule has 0 spiro atoms. The molecule has 0 saturated carbocycles. The highest BCUT2D eigenvalue weighted by Crippen LogP contribution is 2.46. The number of piperidine rings is 1. The zero-order valence-corrected chi connectivity index (χ0v) is 22.9. The Labute approximate surface area is 231 Å². The molecule has 3 aliphatic rings. The van der Waals surface area contributed by atoms with Crippen molar-refractivity contribution in [3.8, 4) is 5.69 Å². The molecule has 2 saturated heterocycles. The average molecular weight is 569 g/mol. The molecule has 1 aliphatic carbocycles. The summed E-state index contributed by atoms with van der Waals surface area (Å²) in [7, 11) is -3.96. The van der Waals surface area contributed by atoms with Crippen LogP contribution in [0.25, 0.3) is 11.8 Å². The molecule has 210 valence electrons. The Balaban J connectivity index is 1.34. The number of ether oxygens (including phenoxy) is 1. The molecule has 1 aromatic heterocycles. The molecule has 0 radical (unpaired) electrons. The number of halogens is 2. The fraction of sp³-hybridized carbons (Fsp3) is 0.379. The molecule has 2 aromatic carbocycles. The Bertz CT molecular complexity index is 1590. The Morgan fingerprint density at radius 2 is 1.95 bits per heavy atom. The van der Waals surface area contributed by atoms with E-state index in [9.17, 15) is 22.0 Å². The largest absolute Gasteiger partial charge is 0.465 e. The van der Waals surface area contributed by atoms with Gasteiger partial charge in [-0.15, -0.1) is 0 Å². The van der Waals surface area contributed by atoms with Crippen LogP contribution in [-0.4, -0.2) is 67.4 Å². The molecule has 6 rings (SSSR count). The first-order valence-electron chi connectivity index (χ1n) is 13.4. The number of anilines is 1. The number of esters is 1. The minimum absolute atomic E-state index is 0.0678. The van der Waals surface area contributed by atoms with Gasteiger partial charge >= 0.3 is 5.97 Å². The Morgan fingerprint density at radius 3 is 2.67 bits per heavy atom. The fourth-order valence-corrected chi connectivity index (χ4v) is 7.53. The lowest BCUT2D eigenvalue weighted by Crippen LogP contribution is -2.53. The maximum Gasteiger partial charge on any atom is 0.317 e. The van der Waals surface area contributed by atoms with Gasteiger partial charge in [-0.3, -0.25) is 4.79 Å². The van der Waals surface area contributed by atoms with Gasteiger partial charge in [0, 0.05) is 31.9 Å². The SMILES string of the molecule is CCOC(=O)[C@]12Cc3cnn(-c4ccc(F)cc4)c3C=C1CCN(S(=O)(=O)c1cccc(N3CC[C@@H](F)C3)c1)C2. The predicted octanol–water partition coefficient (Wildman–Crippen LogP) is 4.14. The summed E-state index contributed by atoms with van der Waals surface area (Å²) in [6.45, 7) is 2.78. The van der Waals surface area contributed by atoms with Crippen LogP contribution in [0.2, 0.25) is 0 Å². The summed E-state index contributed by atoms with van der Waals surface area (Å²) in [6, 6.07) is 12.6. The normalized spacial score (nSPS) is 22.9. The van der Waals surface area contributed by atoms with Crippen molar-refractivity contribution in [1.82, 2.24) is 14.1 Å². The van der Waals surface area contributed by atoms with Gasteiger partial charge in [-0.25, -0.2) is 21.9 Å². The smallest absolute Gasteiger partial charge is 0.317 e. The lowest BCUT2D eigenvalue weighted by molar-refractivity contribution is -0.154. The monoisotopic (exact) mass is 568 g/mol. The van der Waals surface area contributed by atoms with Crippen LogP contribution >= 0.6 is 0 Å². The zero-order valence-electron chi connectivity index (χ0n) is 22.1. The highest BCUT2D eigenvalue weighted by molar-refractivity contribution is 7.89. The van der Waals surface area contributed by atoms with Crippen molar-refractivity contribution in [3.05, 3.63) is 77.4 Å². The number of hydrogen-bond donors (Lipinski definition) is 0. The van der Waals surface area contributed by atoms with E-state index in [4.69, 9.17) is 4.74 Å². The molecule has 0 N–H and O–H groups in total. The third-order valence-corrected chi connectivity index (χ3v) is 9.91. The minimum Gasteiger partial charge on any atom is -0.465 e. The standard InChI is InChI=1S/C29H30F2N4O4S/c1-2-39-28(36)29-16-20-17-32-35(24-8-6-22(30)7-9-24)27(20)14-21(29)10-13-34(19-29)40(37,38)26-5-3-4-25(15-26)33-12-11-23(31)18-33/h3-9,14-15,17,23H,2,10-13,16,18-19H2,1H3/t23-,29+/m1/s1. The molecule has 8 nitrogen and oxygen atoms in total. The maximum atomic E-state index is 13.9. The molecule has 0 bridgehead atoms. The number of carbonyl (C=O) groups excluding carboxylic acids is 1. The Hall–Kier alpha value is -3.57. The van der Waals surface area contributed by atoms with E-state index in [1.807, 2.05) is 11.0 Å². The molecule has 0 unspecified atom stereocenters. The van der Waals surface area contributed by atoms with Crippen LogP contribution in [0.15, 0.2) is 65.2 Å². The zero-order chi connectivity index (χ0) is 28.1. The quantitative estimate of drug-likeness (QED) is 0.416. The first-order chi connectivity index (χ1) is 19.2. The first kappa shape index (κ1) is 26.6. The minimum atomic E-state index is -3.96. The van der Waals surface area contributed by atoms with Crippen LogP contribution in [0.4, 0.5) is 14.5 Å². The van der Waals surface area contributed by atoms with Crippen molar-refractivity contribution in [1.29, 1.82) is 0 Å². The molecule has 2 atom stereocenters. The van der Waals surface area contributed by atoms with Crippen molar-refractivity contribution >= 4 is 27.8 Å². The highest BCUT2D eigenvalue weighted by atomic mass is 32.2. The second-order valence-electron chi connectivity index (χ2n) is 10.5. The van der Waals surface area contributed by atoms with Gasteiger partial charge in [-0.05, 0) is 85.9 Å². The summed E-state index contributed by atoms with van der Waals surface area (Å²) in [5.41, 5.74) is 2.49. The lowest BCUT2D eigenvalue weighted by Gasteiger charge is -2.44. The van der Waals surface area contributed by atoms with E-state index in [2.05, 4.69) is 5.10 Å². The fourth-order valence-electron chi connectivity index (χ4n) is 5.99. The van der Waals surface area contributed by atoms with Crippen molar-refractivity contribution in [3.63, 3.8) is 0 Å². The van der Waals surface area contributed by atoms with Crippen LogP contribution in [0.5, 0.6) is 0 Å². The number of nitrogens with zero attached hydrogens (tertiary/aromatic N) is 4. The van der Waals surface area contributed by atoms with Crippen LogP contribution in [0, 0.1) is 11.2 Å². The molecule has 0 amide bonds. The number of benzene rings is 2. The summed E-state index contributed by atoms with van der Waals surface area (Å²) >= 11 is 0. The molecule has 2 fully saturated rings. The van der Waals surface area contributed by atoms with E-state index in [0.717, 1.165) is 16.8 Å². The van der Waals surface area contributed by atoms with Crippen molar-refractivity contribution in [2.75, 3.05) is 37.7 Å². The molecular formula is C29H30F2N4O4S. The summed E-state index contributed by atoms with van der Waals surface area (Å²) in [5.74, 6) is -0.822. The highest BCUT2D eigenvalue weighted by Gasteiger charge is 2.52. The number of sulfonamides is 1. The van der Waals surface area contributed by atoms with Crippen molar-refractivity contribution < 1.29 is 26.7 Å². The molecule has 3 heterocycles. The lowest BCUT2D eigenvalue weighted by atomic mass is 9.69. The van der Waals surface area contributed by atoms with Gasteiger partial charge in [0.1, 0.15) is 17.4 Å². The maximum absolute atomic E-state index is 13.9. The van der Waals surface area contributed by atoms with E-state index < -0.39 is 27.6 Å². The van der Waals surface area contributed by atoms with E-state index in [0.29, 0.717) is 30.8 Å². The topological polar surface area (TPSA) is 84.7 Å². The Kier molecular flexibility index (Phi) is 6.74. The van der Waals surface area contributed by atoms with E-state index >= 15 is 0 Å². The Morgan fingerprint density at radius 1 is 1.15 bits per heavy atom. The third kappa shape index (κ3) is 4.50. The summed E-state index contributed by atoms with van der Waals surface area (Å²) in [4.78, 5) is 15.5. The van der Waals surface area contributed by atoms with Crippen LogP contribution < -0.4 is 4.90 Å². The van der Waals surface area contributed by atoms with Crippen LogP contribution in [0.1, 0.15) is 31.0 Å². The first-order valence-corrected chi connectivity index (χ1v) is 14.9.